The molecular weight excluding hydrogens is 360 g/mol. The predicted molar refractivity (Wildman–Crippen MR) is 118 cm³/mol. The molecule has 1 N–H and O–H groups in total. The molecule has 0 aromatic heterocycles. The molecule has 1 fully saturated rings. The number of ether oxygens (including phenoxy) is 1. The van der Waals surface area contributed by atoms with E-state index in [9.17, 15) is 4.79 Å². The van der Waals surface area contributed by atoms with Crippen LogP contribution in [0, 0.1) is 5.92 Å². The Bertz CT molecular complexity index is 955. The minimum Gasteiger partial charge on any atom is -0.494 e. The van der Waals surface area contributed by atoms with Crippen molar-refractivity contribution < 1.29 is 9.53 Å². The third kappa shape index (κ3) is 4.77. The highest BCUT2D eigenvalue weighted by Gasteiger charge is 2.25. The van der Waals surface area contributed by atoms with Gasteiger partial charge in [-0.2, -0.15) is 0 Å². The van der Waals surface area contributed by atoms with Crippen LogP contribution in [0.3, 0.4) is 0 Å². The van der Waals surface area contributed by atoms with Crippen LogP contribution in [0.1, 0.15) is 25.3 Å². The number of piperidine rings is 1. The molecule has 4 rings (SSSR count). The zero-order valence-corrected chi connectivity index (χ0v) is 16.9. The fraction of sp³-hybridized carbons (Fsp3) is 0.320. The van der Waals surface area contributed by atoms with E-state index in [0.717, 1.165) is 43.9 Å². The number of hydrogen-bond donors (Lipinski definition) is 1. The SMILES string of the molecule is CCOc1ccc(NC(=O)C2CCN(Cc3cccc4ccccc34)CC2)cc1. The van der Waals surface area contributed by atoms with Crippen molar-refractivity contribution in [1.29, 1.82) is 0 Å². The van der Waals surface area contributed by atoms with Crippen LogP contribution in [0.25, 0.3) is 10.8 Å². The number of fused-ring (bicyclic) bond motifs is 1. The van der Waals surface area contributed by atoms with E-state index in [1.165, 1.54) is 16.3 Å². The summed E-state index contributed by atoms with van der Waals surface area (Å²) in [6.45, 7) is 5.44. The quantitative estimate of drug-likeness (QED) is 0.640. The Morgan fingerprint density at radius 2 is 1.72 bits per heavy atom. The van der Waals surface area contributed by atoms with E-state index >= 15 is 0 Å². The lowest BCUT2D eigenvalue weighted by Gasteiger charge is -2.31. The number of anilines is 1. The lowest BCUT2D eigenvalue weighted by atomic mass is 9.95. The summed E-state index contributed by atoms with van der Waals surface area (Å²) in [5.41, 5.74) is 2.19. The maximum atomic E-state index is 12.7. The first kappa shape index (κ1) is 19.5. The van der Waals surface area contributed by atoms with Gasteiger partial charge in [0.15, 0.2) is 0 Å². The lowest BCUT2D eigenvalue weighted by molar-refractivity contribution is -0.121. The van der Waals surface area contributed by atoms with E-state index in [1.54, 1.807) is 0 Å². The number of carbonyl (C=O) groups is 1. The molecule has 0 atom stereocenters. The Kier molecular flexibility index (Phi) is 6.11. The van der Waals surface area contributed by atoms with Gasteiger partial charge in [-0.3, -0.25) is 9.69 Å². The summed E-state index contributed by atoms with van der Waals surface area (Å²) in [5.74, 6) is 1.02. The van der Waals surface area contributed by atoms with Crippen molar-refractivity contribution in [1.82, 2.24) is 4.90 Å². The van der Waals surface area contributed by atoms with Gasteiger partial charge < -0.3 is 10.1 Å². The van der Waals surface area contributed by atoms with Gasteiger partial charge in [0, 0.05) is 18.2 Å². The number of nitrogens with one attached hydrogen (secondary N) is 1. The van der Waals surface area contributed by atoms with Crippen molar-refractivity contribution in [2.45, 2.75) is 26.3 Å². The van der Waals surface area contributed by atoms with Gasteiger partial charge in [-0.15, -0.1) is 0 Å². The van der Waals surface area contributed by atoms with Crippen LogP contribution in [-0.4, -0.2) is 30.5 Å². The maximum Gasteiger partial charge on any atom is 0.227 e. The summed E-state index contributed by atoms with van der Waals surface area (Å²) in [6.07, 6.45) is 1.79. The summed E-state index contributed by atoms with van der Waals surface area (Å²) in [6, 6.07) is 22.6. The summed E-state index contributed by atoms with van der Waals surface area (Å²) in [4.78, 5) is 15.1. The second-order valence-electron chi connectivity index (χ2n) is 7.64. The topological polar surface area (TPSA) is 41.6 Å². The van der Waals surface area contributed by atoms with E-state index in [4.69, 9.17) is 4.74 Å². The minimum atomic E-state index is 0.0744. The Morgan fingerprint density at radius 1 is 1.00 bits per heavy atom. The van der Waals surface area contributed by atoms with E-state index in [0.29, 0.717) is 6.61 Å². The molecule has 0 saturated carbocycles. The lowest BCUT2D eigenvalue weighted by Crippen LogP contribution is -2.37. The zero-order valence-electron chi connectivity index (χ0n) is 16.9. The van der Waals surface area contributed by atoms with E-state index in [2.05, 4.69) is 52.7 Å². The monoisotopic (exact) mass is 388 g/mol. The van der Waals surface area contributed by atoms with Crippen molar-refractivity contribution in [3.05, 3.63) is 72.3 Å². The molecule has 0 bridgehead atoms. The fourth-order valence-corrected chi connectivity index (χ4v) is 4.07. The highest BCUT2D eigenvalue weighted by molar-refractivity contribution is 5.92. The summed E-state index contributed by atoms with van der Waals surface area (Å²) in [7, 11) is 0. The second-order valence-corrected chi connectivity index (χ2v) is 7.64. The van der Waals surface area contributed by atoms with Gasteiger partial charge in [-0.25, -0.2) is 0 Å². The van der Waals surface area contributed by atoms with Crippen molar-refractivity contribution in [2.24, 2.45) is 5.92 Å². The predicted octanol–water partition coefficient (Wildman–Crippen LogP) is 5.09. The number of rotatable bonds is 6. The first-order valence-electron chi connectivity index (χ1n) is 10.5. The second kappa shape index (κ2) is 9.10. The van der Waals surface area contributed by atoms with Gasteiger partial charge in [0.1, 0.15) is 5.75 Å². The number of nitrogens with zero attached hydrogens (tertiary/aromatic N) is 1. The molecule has 1 heterocycles. The molecule has 1 amide bonds. The van der Waals surface area contributed by atoms with E-state index in [1.807, 2.05) is 31.2 Å². The van der Waals surface area contributed by atoms with Gasteiger partial charge in [-0.05, 0) is 73.5 Å². The fourth-order valence-electron chi connectivity index (χ4n) is 4.07. The molecule has 29 heavy (non-hydrogen) atoms. The van der Waals surface area contributed by atoms with Crippen LogP contribution in [0.5, 0.6) is 5.75 Å². The summed E-state index contributed by atoms with van der Waals surface area (Å²) >= 11 is 0. The van der Waals surface area contributed by atoms with Gasteiger partial charge in [0.05, 0.1) is 6.61 Å². The summed E-state index contributed by atoms with van der Waals surface area (Å²) in [5, 5.41) is 5.67. The molecule has 1 saturated heterocycles. The third-order valence-electron chi connectivity index (χ3n) is 5.67. The number of amides is 1. The Morgan fingerprint density at radius 3 is 2.48 bits per heavy atom. The largest absolute Gasteiger partial charge is 0.494 e. The van der Waals surface area contributed by atoms with E-state index < -0.39 is 0 Å². The molecule has 4 nitrogen and oxygen atoms in total. The standard InChI is InChI=1S/C25H28N2O2/c1-2-29-23-12-10-22(11-13-23)26-25(28)20-14-16-27(17-15-20)18-21-8-5-7-19-6-3-4-9-24(19)21/h3-13,20H,2,14-18H2,1H3,(H,26,28). The smallest absolute Gasteiger partial charge is 0.227 e. The normalized spacial score (nSPS) is 15.3. The van der Waals surface area contributed by atoms with Crippen LogP contribution in [0.2, 0.25) is 0 Å². The third-order valence-corrected chi connectivity index (χ3v) is 5.67. The molecule has 150 valence electrons. The molecule has 0 unspecified atom stereocenters. The van der Waals surface area contributed by atoms with Gasteiger partial charge >= 0.3 is 0 Å². The average molecular weight is 389 g/mol. The Labute approximate surface area is 172 Å². The maximum absolute atomic E-state index is 12.7. The Balaban J connectivity index is 1.31. The molecule has 0 spiro atoms. The molecule has 1 aliphatic heterocycles. The number of hydrogen-bond acceptors (Lipinski definition) is 3. The highest BCUT2D eigenvalue weighted by Crippen LogP contribution is 2.25. The van der Waals surface area contributed by atoms with Gasteiger partial charge in [0.25, 0.3) is 0 Å². The van der Waals surface area contributed by atoms with Crippen LogP contribution in [0.4, 0.5) is 5.69 Å². The average Bonchev–Trinajstić information content (AvgIpc) is 2.76. The molecule has 1 aliphatic rings. The molecular formula is C25H28N2O2. The van der Waals surface area contributed by atoms with Crippen molar-refractivity contribution in [3.8, 4) is 5.75 Å². The number of benzene rings is 3. The first-order valence-corrected chi connectivity index (χ1v) is 10.5. The first-order chi connectivity index (χ1) is 14.2. The van der Waals surface area contributed by atoms with E-state index in [-0.39, 0.29) is 11.8 Å². The van der Waals surface area contributed by atoms with Crippen LogP contribution in [-0.2, 0) is 11.3 Å². The van der Waals surface area contributed by atoms with Gasteiger partial charge in [0.2, 0.25) is 5.91 Å². The number of carbonyl (C=O) groups excluding carboxylic acids is 1. The van der Waals surface area contributed by atoms with Gasteiger partial charge in [-0.1, -0.05) is 42.5 Å². The van der Waals surface area contributed by atoms with Crippen LogP contribution in [0.15, 0.2) is 66.7 Å². The van der Waals surface area contributed by atoms with Crippen LogP contribution >= 0.6 is 0 Å². The van der Waals surface area contributed by atoms with Crippen molar-refractivity contribution in [2.75, 3.05) is 25.0 Å². The molecule has 0 aliphatic carbocycles. The molecule has 3 aromatic rings. The molecule has 4 heteroatoms. The van der Waals surface area contributed by atoms with Crippen LogP contribution < -0.4 is 10.1 Å². The Hall–Kier alpha value is -2.85. The zero-order chi connectivity index (χ0) is 20.1. The summed E-state index contributed by atoms with van der Waals surface area (Å²) < 4.78 is 5.45. The highest BCUT2D eigenvalue weighted by atomic mass is 16.5. The minimum absolute atomic E-state index is 0.0744. The number of likely N-dealkylation sites (tertiary alicyclic amines) is 1. The van der Waals surface area contributed by atoms with Crippen molar-refractivity contribution >= 4 is 22.4 Å². The molecule has 3 aromatic carbocycles. The van der Waals surface area contributed by atoms with Crippen molar-refractivity contribution in [3.63, 3.8) is 0 Å². The molecule has 0 radical (unpaired) electrons.